The number of carbonyl (C=O) groups excluding carboxylic acids is 1. The number of aromatic amines is 1. The number of carbonyl (C=O) groups is 1. The minimum atomic E-state index is -5.51. The molecule has 1 heterocycles. The maximum atomic E-state index is 13.1. The molecule has 0 aliphatic carbocycles. The Hall–Kier alpha value is -2.39. The lowest BCUT2D eigenvalue weighted by Crippen LogP contribution is -2.36. The number of rotatable bonds is 3. The van der Waals surface area contributed by atoms with Crippen LogP contribution < -0.4 is 11.2 Å². The minimum Gasteiger partial charge on any atom is -0.445 e. The van der Waals surface area contributed by atoms with Gasteiger partial charge in [-0.2, -0.15) is 15.4 Å². The Balaban J connectivity index is 2.58. The van der Waals surface area contributed by atoms with E-state index in [1.54, 1.807) is 0 Å². The number of halogens is 4. The second-order valence-electron chi connectivity index (χ2n) is 3.70. The highest BCUT2D eigenvalue weighted by atomic mass is 19.4. The number of nitrogens with two attached hydrogens (primary N) is 1. The van der Waals surface area contributed by atoms with Crippen LogP contribution in [0.25, 0.3) is 11.3 Å². The molecular weight excluding hydrogens is 267 g/mol. The molecule has 0 unspecified atom stereocenters. The zero-order chi connectivity index (χ0) is 14.2. The third-order valence-corrected chi connectivity index (χ3v) is 2.40. The predicted molar refractivity (Wildman–Crippen MR) is 59.0 cm³/mol. The normalized spacial score (nSPS) is 11.6. The van der Waals surface area contributed by atoms with Gasteiger partial charge in [-0.15, -0.1) is 0 Å². The van der Waals surface area contributed by atoms with Crippen LogP contribution in [0, 0.1) is 5.82 Å². The fourth-order valence-electron chi connectivity index (χ4n) is 1.55. The number of nitrogens with one attached hydrogen (secondary N) is 1. The van der Waals surface area contributed by atoms with Gasteiger partial charge in [-0.1, -0.05) is 11.5 Å². The van der Waals surface area contributed by atoms with Gasteiger partial charge in [-0.05, 0) is 12.1 Å². The van der Waals surface area contributed by atoms with Crippen molar-refractivity contribution in [2.75, 3.05) is 0 Å². The topological polar surface area (TPSA) is 84.7 Å². The fraction of sp³-hybridized carbons (Fsp3) is 0. The molecule has 10 heteroatoms. The van der Waals surface area contributed by atoms with Crippen molar-refractivity contribution in [3.05, 3.63) is 29.7 Å². The van der Waals surface area contributed by atoms with E-state index < -0.39 is 24.2 Å². The SMILES string of the molecule is NC(=O)c1n[nH]nc1-c1ccc(F)c([B-](F)(F)F)c1. The third kappa shape index (κ3) is 2.42. The van der Waals surface area contributed by atoms with E-state index in [2.05, 4.69) is 15.4 Å². The zero-order valence-corrected chi connectivity index (χ0v) is 9.20. The van der Waals surface area contributed by atoms with Gasteiger partial charge in [0.15, 0.2) is 5.69 Å². The zero-order valence-electron chi connectivity index (χ0n) is 9.20. The molecule has 19 heavy (non-hydrogen) atoms. The predicted octanol–water partition coefficient (Wildman–Crippen LogP) is 0.764. The van der Waals surface area contributed by atoms with Crippen LogP contribution in [0.3, 0.4) is 0 Å². The standard InChI is InChI=1S/C9H6BF4N4O/c11-6-2-1-4(3-5(6)10(12,13)14)7-8(9(15)19)17-18-16-7/h1-3H,(H2,15,19)(H,16,17,18)/q-1. The van der Waals surface area contributed by atoms with E-state index in [0.717, 1.165) is 6.07 Å². The molecule has 0 saturated carbocycles. The van der Waals surface area contributed by atoms with Crippen molar-refractivity contribution in [3.8, 4) is 11.3 Å². The molecule has 0 aliphatic heterocycles. The second-order valence-corrected chi connectivity index (χ2v) is 3.70. The Morgan fingerprint density at radius 3 is 2.53 bits per heavy atom. The van der Waals surface area contributed by atoms with Gasteiger partial charge in [0, 0.05) is 5.56 Å². The largest absolute Gasteiger partial charge is 0.512 e. The minimum absolute atomic E-state index is 0.0989. The summed E-state index contributed by atoms with van der Waals surface area (Å²) in [6.07, 6.45) is 0. The molecule has 100 valence electrons. The van der Waals surface area contributed by atoms with Gasteiger partial charge in [0.1, 0.15) is 5.69 Å². The van der Waals surface area contributed by atoms with E-state index in [9.17, 15) is 22.1 Å². The smallest absolute Gasteiger partial charge is 0.445 e. The maximum absolute atomic E-state index is 13.1. The summed E-state index contributed by atoms with van der Waals surface area (Å²) in [7, 11) is 0. The molecule has 0 saturated heterocycles. The van der Waals surface area contributed by atoms with Gasteiger partial charge in [0.05, 0.1) is 5.82 Å². The number of nitrogens with zero attached hydrogens (tertiary/aromatic N) is 2. The monoisotopic (exact) mass is 273 g/mol. The summed E-state index contributed by atoms with van der Waals surface area (Å²) in [6, 6.07) is 2.28. The van der Waals surface area contributed by atoms with Crippen molar-refractivity contribution in [2.24, 2.45) is 5.73 Å². The van der Waals surface area contributed by atoms with Crippen LogP contribution in [0.2, 0.25) is 0 Å². The highest BCUT2D eigenvalue weighted by Gasteiger charge is 2.30. The summed E-state index contributed by atoms with van der Waals surface area (Å²) in [5.74, 6) is -2.34. The molecule has 0 atom stereocenters. The van der Waals surface area contributed by atoms with Crippen molar-refractivity contribution in [1.82, 2.24) is 15.4 Å². The van der Waals surface area contributed by atoms with Gasteiger partial charge < -0.3 is 18.7 Å². The van der Waals surface area contributed by atoms with Gasteiger partial charge in [-0.3, -0.25) is 4.79 Å². The second kappa shape index (κ2) is 4.37. The van der Waals surface area contributed by atoms with Crippen molar-refractivity contribution < 1.29 is 22.1 Å². The number of hydrogen-bond donors (Lipinski definition) is 2. The maximum Gasteiger partial charge on any atom is 0.512 e. The highest BCUT2D eigenvalue weighted by Crippen LogP contribution is 2.21. The molecule has 3 N–H and O–H groups in total. The van der Waals surface area contributed by atoms with Crippen molar-refractivity contribution in [2.45, 2.75) is 0 Å². The highest BCUT2D eigenvalue weighted by molar-refractivity contribution is 6.73. The summed E-state index contributed by atoms with van der Waals surface area (Å²) < 4.78 is 51.0. The Bertz CT molecular complexity index is 639. The number of benzene rings is 1. The van der Waals surface area contributed by atoms with Crippen LogP contribution in [0.4, 0.5) is 17.3 Å². The summed E-state index contributed by atoms with van der Waals surface area (Å²) in [5, 5.41) is 9.05. The van der Waals surface area contributed by atoms with E-state index in [0.29, 0.717) is 12.1 Å². The Kier molecular flexibility index (Phi) is 3.01. The first-order valence-electron chi connectivity index (χ1n) is 5.01. The molecule has 2 rings (SSSR count). The lowest BCUT2D eigenvalue weighted by molar-refractivity contribution is 0.0996. The first kappa shape index (κ1) is 13.1. The molecule has 0 fully saturated rings. The summed E-state index contributed by atoms with van der Waals surface area (Å²) in [4.78, 5) is 11.0. The van der Waals surface area contributed by atoms with Crippen molar-refractivity contribution >= 4 is 18.3 Å². The Morgan fingerprint density at radius 2 is 1.95 bits per heavy atom. The van der Waals surface area contributed by atoms with Crippen molar-refractivity contribution in [1.29, 1.82) is 0 Å². The van der Waals surface area contributed by atoms with E-state index >= 15 is 0 Å². The van der Waals surface area contributed by atoms with E-state index in [-0.39, 0.29) is 17.0 Å². The molecule has 0 radical (unpaired) electrons. The number of aromatic nitrogens is 3. The quantitative estimate of drug-likeness (QED) is 0.639. The number of H-pyrrole nitrogens is 1. The van der Waals surface area contributed by atoms with Crippen LogP contribution in [0.5, 0.6) is 0 Å². The number of primary amides is 1. The van der Waals surface area contributed by atoms with Crippen LogP contribution in [0.15, 0.2) is 18.2 Å². The average Bonchev–Trinajstić information content (AvgIpc) is 2.77. The molecule has 5 nitrogen and oxygen atoms in total. The fourth-order valence-corrected chi connectivity index (χ4v) is 1.55. The van der Waals surface area contributed by atoms with Crippen LogP contribution in [0.1, 0.15) is 10.5 Å². The molecule has 1 amide bonds. The van der Waals surface area contributed by atoms with E-state index in [1.165, 1.54) is 0 Å². The van der Waals surface area contributed by atoms with E-state index in [1.807, 2.05) is 0 Å². The third-order valence-electron chi connectivity index (χ3n) is 2.40. The Morgan fingerprint density at radius 1 is 1.26 bits per heavy atom. The van der Waals surface area contributed by atoms with Gasteiger partial charge in [0.25, 0.3) is 5.91 Å². The lowest BCUT2D eigenvalue weighted by Gasteiger charge is -2.16. The lowest BCUT2D eigenvalue weighted by atomic mass is 9.78. The average molecular weight is 273 g/mol. The van der Waals surface area contributed by atoms with Crippen LogP contribution >= 0.6 is 0 Å². The molecule has 0 bridgehead atoms. The first-order valence-corrected chi connectivity index (χ1v) is 5.01. The molecule has 1 aromatic carbocycles. The molecule has 2 aromatic rings. The summed E-state index contributed by atoms with van der Waals surface area (Å²) in [6.45, 7) is -5.51. The molecule has 1 aromatic heterocycles. The molecular formula is C9H6BF4N4O-. The van der Waals surface area contributed by atoms with Crippen LogP contribution in [-0.2, 0) is 0 Å². The molecule has 0 aliphatic rings. The first-order chi connectivity index (χ1) is 8.80. The van der Waals surface area contributed by atoms with Crippen LogP contribution in [-0.4, -0.2) is 28.3 Å². The number of hydrogen-bond acceptors (Lipinski definition) is 3. The van der Waals surface area contributed by atoms with Gasteiger partial charge >= 0.3 is 6.98 Å². The van der Waals surface area contributed by atoms with Gasteiger partial charge in [0.2, 0.25) is 0 Å². The number of amides is 1. The summed E-state index contributed by atoms with van der Waals surface area (Å²) in [5.41, 5.74) is 3.03. The molecule has 0 spiro atoms. The Labute approximate surface area is 103 Å². The van der Waals surface area contributed by atoms with Gasteiger partial charge in [-0.25, -0.2) is 4.39 Å². The van der Waals surface area contributed by atoms with Crippen molar-refractivity contribution in [3.63, 3.8) is 0 Å². The van der Waals surface area contributed by atoms with E-state index in [4.69, 9.17) is 5.73 Å². The summed E-state index contributed by atoms with van der Waals surface area (Å²) >= 11 is 0.